The fraction of sp³-hybridized carbons (Fsp3) is 0.571. The van der Waals surface area contributed by atoms with Gasteiger partial charge in [-0.2, -0.15) is 0 Å². The van der Waals surface area contributed by atoms with Crippen LogP contribution in [0.25, 0.3) is 0 Å². The Morgan fingerprint density at radius 1 is 1.35 bits per heavy atom. The molecular weight excluding hydrogens is 278 g/mol. The zero-order valence-electron chi connectivity index (χ0n) is 10.4. The number of para-hydroxylation sites is 1. The molecule has 0 amide bonds. The molecule has 2 rings (SSSR count). The predicted molar refractivity (Wildman–Crippen MR) is 74.4 cm³/mol. The van der Waals surface area contributed by atoms with Crippen molar-refractivity contribution in [3.63, 3.8) is 0 Å². The number of ether oxygens (including phenoxy) is 1. The summed E-state index contributed by atoms with van der Waals surface area (Å²) in [6.45, 7) is 5.34. The van der Waals surface area contributed by atoms with Crippen LogP contribution in [0.2, 0.25) is 0 Å². The van der Waals surface area contributed by atoms with Crippen molar-refractivity contribution in [2.75, 3.05) is 6.54 Å². The Balaban J connectivity index is 1.93. The second kappa shape index (κ2) is 5.87. The molecule has 1 atom stereocenters. The Morgan fingerprint density at radius 2 is 2.06 bits per heavy atom. The molecule has 1 aliphatic rings. The monoisotopic (exact) mass is 297 g/mol. The van der Waals surface area contributed by atoms with E-state index in [1.807, 2.05) is 24.3 Å². The lowest BCUT2D eigenvalue weighted by Gasteiger charge is -2.23. The van der Waals surface area contributed by atoms with Gasteiger partial charge in [0.1, 0.15) is 11.9 Å². The van der Waals surface area contributed by atoms with E-state index in [-0.39, 0.29) is 6.10 Å². The maximum atomic E-state index is 6.08. The van der Waals surface area contributed by atoms with Crippen molar-refractivity contribution >= 4 is 15.9 Å². The Morgan fingerprint density at radius 3 is 2.65 bits per heavy atom. The number of rotatable bonds is 6. The van der Waals surface area contributed by atoms with Crippen molar-refractivity contribution in [1.82, 2.24) is 5.32 Å². The van der Waals surface area contributed by atoms with Crippen LogP contribution in [0.3, 0.4) is 0 Å². The topological polar surface area (TPSA) is 21.3 Å². The van der Waals surface area contributed by atoms with Crippen LogP contribution < -0.4 is 10.1 Å². The van der Waals surface area contributed by atoms with Crippen molar-refractivity contribution in [2.24, 2.45) is 5.92 Å². The highest BCUT2D eigenvalue weighted by atomic mass is 79.9. The van der Waals surface area contributed by atoms with E-state index in [1.165, 1.54) is 12.8 Å². The summed E-state index contributed by atoms with van der Waals surface area (Å²) in [6.07, 6.45) is 2.87. The highest BCUT2D eigenvalue weighted by molar-refractivity contribution is 9.10. The van der Waals surface area contributed by atoms with E-state index >= 15 is 0 Å². The van der Waals surface area contributed by atoms with Gasteiger partial charge in [0.15, 0.2) is 0 Å². The highest BCUT2D eigenvalue weighted by Crippen LogP contribution is 2.26. The SMILES string of the molecule is CC(C)C(CNC1CC1)Oc1ccccc1Br. The molecule has 3 heteroatoms. The molecule has 1 unspecified atom stereocenters. The van der Waals surface area contributed by atoms with Crippen molar-refractivity contribution in [2.45, 2.75) is 38.8 Å². The minimum absolute atomic E-state index is 0.231. The fourth-order valence-electron chi connectivity index (χ4n) is 1.69. The second-order valence-electron chi connectivity index (χ2n) is 5.01. The maximum absolute atomic E-state index is 6.08. The lowest BCUT2D eigenvalue weighted by molar-refractivity contribution is 0.147. The average Bonchev–Trinajstić information content (AvgIpc) is 3.10. The normalized spacial score (nSPS) is 17.2. The van der Waals surface area contributed by atoms with Gasteiger partial charge in [0.2, 0.25) is 0 Å². The molecule has 1 saturated carbocycles. The Bertz CT molecular complexity index is 363. The molecule has 0 heterocycles. The van der Waals surface area contributed by atoms with Gasteiger partial charge < -0.3 is 10.1 Å². The van der Waals surface area contributed by atoms with Crippen LogP contribution in [0.1, 0.15) is 26.7 Å². The van der Waals surface area contributed by atoms with Gasteiger partial charge in [-0.1, -0.05) is 26.0 Å². The minimum atomic E-state index is 0.231. The molecule has 1 N–H and O–H groups in total. The molecule has 1 fully saturated rings. The van der Waals surface area contributed by atoms with Crippen LogP contribution in [0.15, 0.2) is 28.7 Å². The molecule has 1 aromatic rings. The highest BCUT2D eigenvalue weighted by Gasteiger charge is 2.24. The Kier molecular flexibility index (Phi) is 4.46. The fourth-order valence-corrected chi connectivity index (χ4v) is 2.07. The Labute approximate surface area is 112 Å². The number of nitrogens with one attached hydrogen (secondary N) is 1. The summed E-state index contributed by atoms with van der Waals surface area (Å²) in [4.78, 5) is 0. The van der Waals surface area contributed by atoms with Crippen LogP contribution >= 0.6 is 15.9 Å². The Hall–Kier alpha value is -0.540. The number of hydrogen-bond acceptors (Lipinski definition) is 2. The van der Waals surface area contributed by atoms with E-state index in [4.69, 9.17) is 4.74 Å². The van der Waals surface area contributed by atoms with E-state index in [1.54, 1.807) is 0 Å². The van der Waals surface area contributed by atoms with E-state index < -0.39 is 0 Å². The second-order valence-corrected chi connectivity index (χ2v) is 5.87. The van der Waals surface area contributed by atoms with Gasteiger partial charge >= 0.3 is 0 Å². The first-order valence-electron chi connectivity index (χ1n) is 6.31. The summed E-state index contributed by atoms with van der Waals surface area (Å²) < 4.78 is 7.10. The lowest BCUT2D eigenvalue weighted by atomic mass is 10.1. The molecule has 0 aromatic heterocycles. The molecule has 0 spiro atoms. The van der Waals surface area contributed by atoms with E-state index in [9.17, 15) is 0 Å². The van der Waals surface area contributed by atoms with Crippen molar-refractivity contribution in [3.05, 3.63) is 28.7 Å². The molecule has 0 radical (unpaired) electrons. The van der Waals surface area contributed by atoms with Crippen molar-refractivity contribution < 1.29 is 4.74 Å². The van der Waals surface area contributed by atoms with Crippen molar-refractivity contribution in [3.8, 4) is 5.75 Å². The van der Waals surface area contributed by atoms with E-state index in [0.717, 1.165) is 22.8 Å². The first-order chi connectivity index (χ1) is 8.16. The number of benzene rings is 1. The van der Waals surface area contributed by atoms with Crippen LogP contribution in [-0.2, 0) is 0 Å². The minimum Gasteiger partial charge on any atom is -0.488 e. The molecule has 0 aliphatic heterocycles. The molecular formula is C14H20BrNO. The zero-order chi connectivity index (χ0) is 12.3. The van der Waals surface area contributed by atoms with Crippen LogP contribution in [0.4, 0.5) is 0 Å². The zero-order valence-corrected chi connectivity index (χ0v) is 12.0. The molecule has 0 bridgehead atoms. The van der Waals surface area contributed by atoms with Gasteiger partial charge in [-0.25, -0.2) is 0 Å². The summed E-state index contributed by atoms with van der Waals surface area (Å²) >= 11 is 3.52. The maximum Gasteiger partial charge on any atom is 0.133 e. The summed E-state index contributed by atoms with van der Waals surface area (Å²) in [6, 6.07) is 8.77. The van der Waals surface area contributed by atoms with Gasteiger partial charge in [0, 0.05) is 12.6 Å². The van der Waals surface area contributed by atoms with E-state index in [0.29, 0.717) is 5.92 Å². The molecule has 94 valence electrons. The molecule has 17 heavy (non-hydrogen) atoms. The standard InChI is InChI=1S/C14H20BrNO/c1-10(2)14(9-16-11-7-8-11)17-13-6-4-3-5-12(13)15/h3-6,10-11,14,16H,7-9H2,1-2H3. The van der Waals surface area contributed by atoms with Gasteiger partial charge in [0.05, 0.1) is 4.47 Å². The summed E-state index contributed by atoms with van der Waals surface area (Å²) in [7, 11) is 0. The van der Waals surface area contributed by atoms with Gasteiger partial charge in [-0.3, -0.25) is 0 Å². The summed E-state index contributed by atoms with van der Waals surface area (Å²) in [5.74, 6) is 1.44. The summed E-state index contributed by atoms with van der Waals surface area (Å²) in [5.41, 5.74) is 0. The number of hydrogen-bond donors (Lipinski definition) is 1. The third-order valence-electron chi connectivity index (χ3n) is 3.04. The quantitative estimate of drug-likeness (QED) is 0.866. The number of halogens is 1. The molecule has 0 saturated heterocycles. The smallest absolute Gasteiger partial charge is 0.133 e. The molecule has 1 aliphatic carbocycles. The van der Waals surface area contributed by atoms with Crippen LogP contribution in [-0.4, -0.2) is 18.7 Å². The van der Waals surface area contributed by atoms with Gasteiger partial charge in [0.25, 0.3) is 0 Å². The van der Waals surface area contributed by atoms with Crippen LogP contribution in [0, 0.1) is 5.92 Å². The van der Waals surface area contributed by atoms with E-state index in [2.05, 4.69) is 35.1 Å². The van der Waals surface area contributed by atoms with Gasteiger partial charge in [-0.15, -0.1) is 0 Å². The van der Waals surface area contributed by atoms with Gasteiger partial charge in [-0.05, 0) is 46.8 Å². The summed E-state index contributed by atoms with van der Waals surface area (Å²) in [5, 5.41) is 3.54. The predicted octanol–water partition coefficient (Wildman–Crippen LogP) is 3.60. The first-order valence-corrected chi connectivity index (χ1v) is 7.10. The third kappa shape index (κ3) is 4.00. The lowest BCUT2D eigenvalue weighted by Crippen LogP contribution is -2.36. The van der Waals surface area contributed by atoms with Crippen LogP contribution in [0.5, 0.6) is 5.75 Å². The molecule has 1 aromatic carbocycles. The third-order valence-corrected chi connectivity index (χ3v) is 3.70. The van der Waals surface area contributed by atoms with Crippen molar-refractivity contribution in [1.29, 1.82) is 0 Å². The largest absolute Gasteiger partial charge is 0.488 e. The first kappa shape index (κ1) is 12.9. The average molecular weight is 298 g/mol. The molecule has 2 nitrogen and oxygen atoms in total.